The largest absolute Gasteiger partial charge is 0.355 e. The molecule has 0 bridgehead atoms. The van der Waals surface area contributed by atoms with Gasteiger partial charge in [0, 0.05) is 23.5 Å². The fourth-order valence-electron chi connectivity index (χ4n) is 2.01. The minimum atomic E-state index is 0.541. The van der Waals surface area contributed by atoms with Crippen LogP contribution in [0.2, 0.25) is 0 Å². The number of hydrogen-bond acceptors (Lipinski definition) is 3. The van der Waals surface area contributed by atoms with Gasteiger partial charge in [-0.05, 0) is 35.6 Å². The van der Waals surface area contributed by atoms with Gasteiger partial charge in [-0.25, -0.2) is 4.98 Å². The number of thiophene rings is 1. The van der Waals surface area contributed by atoms with Crippen LogP contribution >= 0.6 is 22.9 Å². The second-order valence-electron chi connectivity index (χ2n) is 4.64. The van der Waals surface area contributed by atoms with Crippen LogP contribution in [0.25, 0.3) is 0 Å². The van der Waals surface area contributed by atoms with E-state index in [1.54, 1.807) is 11.3 Å². The van der Waals surface area contributed by atoms with Gasteiger partial charge >= 0.3 is 0 Å². The molecule has 0 amide bonds. The molecule has 102 valence electrons. The van der Waals surface area contributed by atoms with E-state index >= 15 is 0 Å². The van der Waals surface area contributed by atoms with Crippen molar-refractivity contribution in [1.29, 1.82) is 0 Å². The van der Waals surface area contributed by atoms with E-state index in [2.05, 4.69) is 48.5 Å². The third kappa shape index (κ3) is 3.95. The van der Waals surface area contributed by atoms with Crippen molar-refractivity contribution in [2.24, 2.45) is 0 Å². The van der Waals surface area contributed by atoms with Crippen LogP contribution in [-0.4, -0.2) is 12.0 Å². The van der Waals surface area contributed by atoms with Gasteiger partial charge in [0.05, 0.1) is 6.54 Å². The number of nitrogens with zero attached hydrogens (tertiary/aromatic N) is 2. The lowest BCUT2D eigenvalue weighted by molar-refractivity contribution is 0.851. The Labute approximate surface area is 124 Å². The predicted octanol–water partition coefficient (Wildman–Crippen LogP) is 4.47. The number of aromatic nitrogens is 1. The summed E-state index contributed by atoms with van der Waals surface area (Å²) in [6.45, 7) is 3.06. The smallest absolute Gasteiger partial charge is 0.129 e. The Bertz CT molecular complexity index is 511. The second-order valence-corrected chi connectivity index (χ2v) is 5.94. The summed E-state index contributed by atoms with van der Waals surface area (Å²) in [5.74, 6) is 1.55. The molecule has 0 saturated heterocycles. The van der Waals surface area contributed by atoms with E-state index in [1.807, 2.05) is 0 Å². The van der Waals surface area contributed by atoms with Crippen LogP contribution < -0.4 is 4.90 Å². The Balaban J connectivity index is 2.19. The molecule has 0 N–H and O–H groups in total. The topological polar surface area (TPSA) is 16.1 Å². The van der Waals surface area contributed by atoms with E-state index < -0.39 is 0 Å². The summed E-state index contributed by atoms with van der Waals surface area (Å²) >= 11 is 7.75. The van der Waals surface area contributed by atoms with E-state index in [4.69, 9.17) is 16.6 Å². The van der Waals surface area contributed by atoms with Gasteiger partial charge in [0.15, 0.2) is 0 Å². The molecule has 0 aromatic carbocycles. The molecule has 0 unspecified atom stereocenters. The molecule has 4 heteroatoms. The first kappa shape index (κ1) is 14.4. The van der Waals surface area contributed by atoms with E-state index in [-0.39, 0.29) is 0 Å². The summed E-state index contributed by atoms with van der Waals surface area (Å²) in [5.41, 5.74) is 2.28. The van der Waals surface area contributed by atoms with Gasteiger partial charge in [-0.2, -0.15) is 0 Å². The van der Waals surface area contributed by atoms with Crippen molar-refractivity contribution in [2.45, 2.75) is 32.2 Å². The molecule has 0 spiro atoms. The average molecular weight is 295 g/mol. The van der Waals surface area contributed by atoms with Crippen molar-refractivity contribution in [1.82, 2.24) is 4.98 Å². The molecular weight excluding hydrogens is 276 g/mol. The third-order valence-electron chi connectivity index (χ3n) is 2.95. The highest BCUT2D eigenvalue weighted by Crippen LogP contribution is 2.20. The Hall–Kier alpha value is -1.06. The Morgan fingerprint density at radius 1 is 1.37 bits per heavy atom. The molecule has 0 aliphatic heterocycles. The van der Waals surface area contributed by atoms with Crippen molar-refractivity contribution in [3.05, 3.63) is 45.8 Å². The molecule has 2 aromatic heterocycles. The van der Waals surface area contributed by atoms with Crippen molar-refractivity contribution in [2.75, 3.05) is 11.9 Å². The van der Waals surface area contributed by atoms with E-state index in [0.29, 0.717) is 5.88 Å². The standard InChI is InChI=1S/C15H19ClN2S/c1-3-5-13-8-12(10-16)9-15(17-13)18(2)11-14-6-4-7-19-14/h4,6-9H,3,5,10-11H2,1-2H3. The lowest BCUT2D eigenvalue weighted by atomic mass is 10.2. The van der Waals surface area contributed by atoms with Crippen LogP contribution in [0.3, 0.4) is 0 Å². The maximum absolute atomic E-state index is 5.97. The number of anilines is 1. The molecular formula is C15H19ClN2S. The number of pyridine rings is 1. The molecule has 2 heterocycles. The van der Waals surface area contributed by atoms with Gasteiger partial charge in [0.1, 0.15) is 5.82 Å². The van der Waals surface area contributed by atoms with Crippen LogP contribution in [0.15, 0.2) is 29.6 Å². The minimum absolute atomic E-state index is 0.541. The lowest BCUT2D eigenvalue weighted by Gasteiger charge is -2.19. The van der Waals surface area contributed by atoms with Gasteiger partial charge in [-0.15, -0.1) is 22.9 Å². The number of alkyl halides is 1. The molecule has 0 saturated carbocycles. The molecule has 2 aromatic rings. The van der Waals surface area contributed by atoms with Gasteiger partial charge in [0.25, 0.3) is 0 Å². The van der Waals surface area contributed by atoms with Crippen molar-refractivity contribution < 1.29 is 0 Å². The van der Waals surface area contributed by atoms with Crippen molar-refractivity contribution >= 4 is 28.8 Å². The SMILES string of the molecule is CCCc1cc(CCl)cc(N(C)Cc2cccs2)n1. The summed E-state index contributed by atoms with van der Waals surface area (Å²) in [4.78, 5) is 8.25. The molecule has 0 radical (unpaired) electrons. The first-order valence-electron chi connectivity index (χ1n) is 6.52. The molecule has 2 rings (SSSR count). The lowest BCUT2D eigenvalue weighted by Crippen LogP contribution is -2.17. The fraction of sp³-hybridized carbons (Fsp3) is 0.400. The number of aryl methyl sites for hydroxylation is 1. The van der Waals surface area contributed by atoms with Crippen LogP contribution in [0.4, 0.5) is 5.82 Å². The maximum Gasteiger partial charge on any atom is 0.129 e. The number of hydrogen-bond donors (Lipinski definition) is 0. The predicted molar refractivity (Wildman–Crippen MR) is 84.2 cm³/mol. The van der Waals surface area contributed by atoms with Crippen LogP contribution in [0.5, 0.6) is 0 Å². The Kier molecular flexibility index (Phi) is 5.23. The molecule has 0 atom stereocenters. The zero-order valence-corrected chi connectivity index (χ0v) is 13.0. The van der Waals surface area contributed by atoms with Crippen molar-refractivity contribution in [3.63, 3.8) is 0 Å². The van der Waals surface area contributed by atoms with E-state index in [9.17, 15) is 0 Å². The highest BCUT2D eigenvalue weighted by atomic mass is 35.5. The molecule has 0 fully saturated rings. The van der Waals surface area contributed by atoms with Crippen LogP contribution in [0, 0.1) is 0 Å². The van der Waals surface area contributed by atoms with Gasteiger partial charge in [-0.3, -0.25) is 0 Å². The van der Waals surface area contributed by atoms with Crippen molar-refractivity contribution in [3.8, 4) is 0 Å². The third-order valence-corrected chi connectivity index (χ3v) is 4.12. The summed E-state index contributed by atoms with van der Waals surface area (Å²) in [6, 6.07) is 8.43. The second kappa shape index (κ2) is 6.92. The molecule has 0 aliphatic carbocycles. The fourth-order valence-corrected chi connectivity index (χ4v) is 2.92. The zero-order valence-electron chi connectivity index (χ0n) is 11.4. The molecule has 0 aliphatic rings. The zero-order chi connectivity index (χ0) is 13.7. The Morgan fingerprint density at radius 3 is 2.84 bits per heavy atom. The normalized spacial score (nSPS) is 10.7. The van der Waals surface area contributed by atoms with E-state index in [0.717, 1.165) is 36.5 Å². The highest BCUT2D eigenvalue weighted by Gasteiger charge is 2.08. The summed E-state index contributed by atoms with van der Waals surface area (Å²) in [7, 11) is 2.08. The van der Waals surface area contributed by atoms with Gasteiger partial charge in [-0.1, -0.05) is 19.4 Å². The Morgan fingerprint density at radius 2 is 2.21 bits per heavy atom. The average Bonchev–Trinajstić information content (AvgIpc) is 2.91. The number of halogens is 1. The molecule has 2 nitrogen and oxygen atoms in total. The summed E-state index contributed by atoms with van der Waals surface area (Å²) < 4.78 is 0. The molecule has 19 heavy (non-hydrogen) atoms. The maximum atomic E-state index is 5.97. The summed E-state index contributed by atoms with van der Waals surface area (Å²) in [6.07, 6.45) is 2.11. The van der Waals surface area contributed by atoms with Crippen LogP contribution in [0.1, 0.15) is 29.5 Å². The first-order valence-corrected chi connectivity index (χ1v) is 7.93. The highest BCUT2D eigenvalue weighted by molar-refractivity contribution is 7.09. The minimum Gasteiger partial charge on any atom is -0.355 e. The monoisotopic (exact) mass is 294 g/mol. The summed E-state index contributed by atoms with van der Waals surface area (Å²) in [5, 5.41) is 2.11. The quantitative estimate of drug-likeness (QED) is 0.731. The van der Waals surface area contributed by atoms with Gasteiger partial charge in [0.2, 0.25) is 0 Å². The number of rotatable bonds is 6. The first-order chi connectivity index (χ1) is 9.22. The van der Waals surface area contributed by atoms with E-state index in [1.165, 1.54) is 4.88 Å². The van der Waals surface area contributed by atoms with Crippen LogP contribution in [-0.2, 0) is 18.8 Å². The van der Waals surface area contributed by atoms with Gasteiger partial charge < -0.3 is 4.90 Å².